The van der Waals surface area contributed by atoms with Gasteiger partial charge in [-0.1, -0.05) is 0 Å². The Morgan fingerprint density at radius 2 is 2.12 bits per heavy atom. The number of aryl methyl sites for hydroxylation is 2. The molecule has 1 N–H and O–H groups in total. The number of nitrogens with one attached hydrogen (secondary N) is 1. The van der Waals surface area contributed by atoms with E-state index in [4.69, 9.17) is 0 Å². The maximum absolute atomic E-state index is 11.6. The number of likely N-dealkylation sites (N-methyl/N-ethyl adjacent to an activating group) is 1. The molecule has 90 valence electrons. The van der Waals surface area contributed by atoms with Gasteiger partial charge >= 0.3 is 0 Å². The molecule has 0 aliphatic rings. The van der Waals surface area contributed by atoms with Gasteiger partial charge < -0.3 is 10.2 Å². The summed E-state index contributed by atoms with van der Waals surface area (Å²) in [4.78, 5) is 18.8. The van der Waals surface area contributed by atoms with Gasteiger partial charge in [0.1, 0.15) is 0 Å². The predicted molar refractivity (Wildman–Crippen MR) is 66.6 cm³/mol. The highest BCUT2D eigenvalue weighted by atomic mass is 32.1. The lowest BCUT2D eigenvalue weighted by Crippen LogP contribution is -2.41. The number of hydrogen-bond acceptors (Lipinski definition) is 4. The summed E-state index contributed by atoms with van der Waals surface area (Å²) in [5, 5.41) is 4.28. The zero-order valence-electron chi connectivity index (χ0n) is 10.5. The maximum atomic E-state index is 11.6. The summed E-state index contributed by atoms with van der Waals surface area (Å²) >= 11 is 1.68. The molecular formula is C11H19N3OS. The second-order valence-corrected chi connectivity index (χ2v) is 5.36. The standard InChI is InChI=1S/C11H19N3OS/c1-7-10(16-9(3)13-7)6-12-8(2)11(15)14(4)5/h8,12H,6H2,1-5H3. The van der Waals surface area contributed by atoms with Crippen molar-refractivity contribution in [3.05, 3.63) is 15.6 Å². The third-order valence-electron chi connectivity index (χ3n) is 2.38. The molecule has 1 heterocycles. The van der Waals surface area contributed by atoms with E-state index in [0.717, 1.165) is 10.7 Å². The molecule has 1 amide bonds. The Labute approximate surface area is 101 Å². The molecule has 0 aliphatic carbocycles. The average molecular weight is 241 g/mol. The largest absolute Gasteiger partial charge is 0.347 e. The SMILES string of the molecule is Cc1nc(C)c(CNC(C)C(=O)N(C)C)s1. The van der Waals surface area contributed by atoms with Gasteiger partial charge in [0.2, 0.25) is 5.91 Å². The van der Waals surface area contributed by atoms with Gasteiger partial charge in [0.05, 0.1) is 16.7 Å². The van der Waals surface area contributed by atoms with Crippen molar-refractivity contribution in [1.29, 1.82) is 0 Å². The smallest absolute Gasteiger partial charge is 0.238 e. The van der Waals surface area contributed by atoms with Crippen molar-refractivity contribution in [2.45, 2.75) is 33.4 Å². The third-order valence-corrected chi connectivity index (χ3v) is 3.45. The van der Waals surface area contributed by atoms with Crippen LogP contribution in [0, 0.1) is 13.8 Å². The van der Waals surface area contributed by atoms with Gasteiger partial charge in [-0.2, -0.15) is 0 Å². The van der Waals surface area contributed by atoms with Crippen LogP contribution in [0.2, 0.25) is 0 Å². The minimum atomic E-state index is -0.156. The van der Waals surface area contributed by atoms with Crippen LogP contribution in [0.15, 0.2) is 0 Å². The third kappa shape index (κ3) is 3.28. The van der Waals surface area contributed by atoms with Gasteiger partial charge in [0.15, 0.2) is 0 Å². The first-order valence-corrected chi connectivity index (χ1v) is 6.11. The number of rotatable bonds is 4. The molecule has 4 nitrogen and oxygen atoms in total. The van der Waals surface area contributed by atoms with Crippen LogP contribution in [0.4, 0.5) is 0 Å². The highest BCUT2D eigenvalue weighted by Crippen LogP contribution is 2.16. The fourth-order valence-corrected chi connectivity index (χ4v) is 2.35. The molecular weight excluding hydrogens is 222 g/mol. The van der Waals surface area contributed by atoms with Gasteiger partial charge in [-0.05, 0) is 20.8 Å². The molecule has 0 aromatic carbocycles. The van der Waals surface area contributed by atoms with E-state index in [2.05, 4.69) is 10.3 Å². The number of nitrogens with zero attached hydrogens (tertiary/aromatic N) is 2. The number of carbonyl (C=O) groups is 1. The van der Waals surface area contributed by atoms with E-state index in [1.807, 2.05) is 20.8 Å². The molecule has 1 unspecified atom stereocenters. The van der Waals surface area contributed by atoms with Crippen LogP contribution in [-0.2, 0) is 11.3 Å². The molecule has 16 heavy (non-hydrogen) atoms. The highest BCUT2D eigenvalue weighted by Gasteiger charge is 2.14. The lowest BCUT2D eigenvalue weighted by Gasteiger charge is -2.17. The van der Waals surface area contributed by atoms with Crippen LogP contribution in [-0.4, -0.2) is 35.9 Å². The van der Waals surface area contributed by atoms with Gasteiger partial charge in [0, 0.05) is 25.5 Å². The molecule has 1 aromatic heterocycles. The number of amides is 1. The van der Waals surface area contributed by atoms with Crippen molar-refractivity contribution >= 4 is 17.2 Å². The molecule has 0 fully saturated rings. The maximum Gasteiger partial charge on any atom is 0.238 e. The van der Waals surface area contributed by atoms with Crippen LogP contribution in [0.25, 0.3) is 0 Å². The van der Waals surface area contributed by atoms with Crippen molar-refractivity contribution in [2.24, 2.45) is 0 Å². The van der Waals surface area contributed by atoms with Crippen LogP contribution in [0.1, 0.15) is 22.5 Å². The summed E-state index contributed by atoms with van der Waals surface area (Å²) in [6.07, 6.45) is 0. The Kier molecular flexibility index (Phi) is 4.44. The topological polar surface area (TPSA) is 45.2 Å². The fourth-order valence-electron chi connectivity index (χ4n) is 1.46. The second-order valence-electron chi connectivity index (χ2n) is 4.08. The van der Waals surface area contributed by atoms with E-state index in [0.29, 0.717) is 6.54 Å². The van der Waals surface area contributed by atoms with Gasteiger partial charge in [-0.15, -0.1) is 11.3 Å². The first-order valence-electron chi connectivity index (χ1n) is 5.29. The number of thiazole rings is 1. The number of hydrogen-bond donors (Lipinski definition) is 1. The molecule has 0 saturated heterocycles. The van der Waals surface area contributed by atoms with Gasteiger partial charge in [0.25, 0.3) is 0 Å². The minimum absolute atomic E-state index is 0.0962. The summed E-state index contributed by atoms with van der Waals surface area (Å²) in [6.45, 7) is 6.58. The van der Waals surface area contributed by atoms with Crippen LogP contribution in [0.3, 0.4) is 0 Å². The Hall–Kier alpha value is -0.940. The summed E-state index contributed by atoms with van der Waals surface area (Å²) in [7, 11) is 3.53. The van der Waals surface area contributed by atoms with E-state index in [-0.39, 0.29) is 11.9 Å². The Bertz CT molecular complexity index is 373. The monoisotopic (exact) mass is 241 g/mol. The predicted octanol–water partition coefficient (Wildman–Crippen LogP) is 1.33. The van der Waals surface area contributed by atoms with E-state index in [9.17, 15) is 4.79 Å². The van der Waals surface area contributed by atoms with E-state index < -0.39 is 0 Å². The highest BCUT2D eigenvalue weighted by molar-refractivity contribution is 7.11. The fraction of sp³-hybridized carbons (Fsp3) is 0.636. The summed E-state index contributed by atoms with van der Waals surface area (Å²) in [6, 6.07) is -0.156. The van der Waals surface area contributed by atoms with E-state index in [1.54, 1.807) is 30.3 Å². The molecule has 1 atom stereocenters. The molecule has 0 spiro atoms. The van der Waals surface area contributed by atoms with Crippen molar-refractivity contribution in [3.63, 3.8) is 0 Å². The van der Waals surface area contributed by atoms with Crippen LogP contribution < -0.4 is 5.32 Å². The normalized spacial score (nSPS) is 12.6. The second kappa shape index (κ2) is 5.41. The summed E-state index contributed by atoms with van der Waals surface area (Å²) in [5.74, 6) is 0.0962. The molecule has 0 aliphatic heterocycles. The molecule has 1 rings (SSSR count). The van der Waals surface area contributed by atoms with Crippen molar-refractivity contribution in [3.8, 4) is 0 Å². The first kappa shape index (κ1) is 13.1. The molecule has 0 radical (unpaired) electrons. The minimum Gasteiger partial charge on any atom is -0.347 e. The first-order chi connectivity index (χ1) is 7.41. The van der Waals surface area contributed by atoms with Crippen LogP contribution in [0.5, 0.6) is 0 Å². The lowest BCUT2D eigenvalue weighted by molar-refractivity contribution is -0.130. The molecule has 1 aromatic rings. The average Bonchev–Trinajstić information content (AvgIpc) is 2.52. The summed E-state index contributed by atoms with van der Waals surface area (Å²) in [5.41, 5.74) is 1.06. The summed E-state index contributed by atoms with van der Waals surface area (Å²) < 4.78 is 0. The van der Waals surface area contributed by atoms with Crippen molar-refractivity contribution < 1.29 is 4.79 Å². The van der Waals surface area contributed by atoms with Crippen molar-refractivity contribution in [2.75, 3.05) is 14.1 Å². The van der Waals surface area contributed by atoms with Gasteiger partial charge in [-0.3, -0.25) is 4.79 Å². The number of carbonyl (C=O) groups excluding carboxylic acids is 1. The zero-order valence-corrected chi connectivity index (χ0v) is 11.3. The Morgan fingerprint density at radius 3 is 2.56 bits per heavy atom. The molecule has 0 bridgehead atoms. The Balaban J connectivity index is 2.52. The quantitative estimate of drug-likeness (QED) is 0.865. The Morgan fingerprint density at radius 1 is 1.50 bits per heavy atom. The van der Waals surface area contributed by atoms with Crippen LogP contribution >= 0.6 is 11.3 Å². The zero-order chi connectivity index (χ0) is 12.3. The van der Waals surface area contributed by atoms with E-state index in [1.165, 1.54) is 4.88 Å². The molecule has 5 heteroatoms. The van der Waals surface area contributed by atoms with E-state index >= 15 is 0 Å². The van der Waals surface area contributed by atoms with Crippen molar-refractivity contribution in [1.82, 2.24) is 15.2 Å². The number of aromatic nitrogens is 1. The lowest BCUT2D eigenvalue weighted by atomic mass is 10.3. The van der Waals surface area contributed by atoms with Gasteiger partial charge in [-0.25, -0.2) is 4.98 Å². The molecule has 0 saturated carbocycles.